The zero-order chi connectivity index (χ0) is 23.7. The fraction of sp³-hybridized carbons (Fsp3) is 0.391. The van der Waals surface area contributed by atoms with E-state index < -0.39 is 22.0 Å². The van der Waals surface area contributed by atoms with Gasteiger partial charge in [0.25, 0.3) is 0 Å². The van der Waals surface area contributed by atoms with Crippen LogP contribution >= 0.6 is 22.6 Å². The van der Waals surface area contributed by atoms with Gasteiger partial charge in [-0.15, -0.1) is 0 Å². The lowest BCUT2D eigenvalue weighted by Gasteiger charge is -2.32. The van der Waals surface area contributed by atoms with E-state index in [9.17, 15) is 18.0 Å². The monoisotopic (exact) mass is 571 g/mol. The van der Waals surface area contributed by atoms with Gasteiger partial charge in [0.1, 0.15) is 12.6 Å². The molecule has 1 N–H and O–H groups in total. The van der Waals surface area contributed by atoms with E-state index in [2.05, 4.69) is 27.9 Å². The topological polar surface area (TPSA) is 86.8 Å². The molecule has 0 bridgehead atoms. The summed E-state index contributed by atoms with van der Waals surface area (Å²) in [6.45, 7) is 4.14. The SMILES string of the molecule is CCCNC(=O)C(CC)N(Cc1ccccc1)C(=O)CN(c1ccc(I)cc1)S(C)(=O)=O. The maximum absolute atomic E-state index is 13.5. The van der Waals surface area contributed by atoms with Crippen LogP contribution in [-0.2, 0) is 26.2 Å². The number of sulfonamides is 1. The van der Waals surface area contributed by atoms with Gasteiger partial charge in [0, 0.05) is 16.7 Å². The normalized spacial score (nSPS) is 12.1. The van der Waals surface area contributed by atoms with E-state index in [0.29, 0.717) is 18.7 Å². The Hall–Kier alpha value is -2.14. The highest BCUT2D eigenvalue weighted by Gasteiger charge is 2.31. The van der Waals surface area contributed by atoms with Gasteiger partial charge in [-0.1, -0.05) is 44.2 Å². The third-order valence-corrected chi connectivity index (χ3v) is 6.78. The summed E-state index contributed by atoms with van der Waals surface area (Å²) < 4.78 is 27.1. The van der Waals surface area contributed by atoms with Crippen molar-refractivity contribution in [3.8, 4) is 0 Å². The Kier molecular flexibility index (Phi) is 9.95. The second-order valence-electron chi connectivity index (χ2n) is 7.47. The first kappa shape index (κ1) is 26.1. The number of carbonyl (C=O) groups is 2. The van der Waals surface area contributed by atoms with Crippen molar-refractivity contribution in [3.63, 3.8) is 0 Å². The number of nitrogens with one attached hydrogen (secondary N) is 1. The Balaban J connectivity index is 2.38. The molecule has 0 aliphatic carbocycles. The van der Waals surface area contributed by atoms with Crippen molar-refractivity contribution < 1.29 is 18.0 Å². The summed E-state index contributed by atoms with van der Waals surface area (Å²) in [5.74, 6) is -0.671. The molecule has 2 aromatic rings. The average molecular weight is 571 g/mol. The molecule has 0 radical (unpaired) electrons. The van der Waals surface area contributed by atoms with Gasteiger partial charge in [-0.25, -0.2) is 8.42 Å². The standard InChI is InChI=1S/C23H30IN3O4S/c1-4-15-25-23(29)21(5-2)26(16-18-9-7-6-8-10-18)22(28)17-27(32(3,30)31)20-13-11-19(24)12-14-20/h6-14,21H,4-5,15-17H2,1-3H3,(H,25,29). The van der Waals surface area contributed by atoms with Gasteiger partial charge in [-0.05, 0) is 65.3 Å². The van der Waals surface area contributed by atoms with E-state index >= 15 is 0 Å². The van der Waals surface area contributed by atoms with E-state index in [1.807, 2.05) is 44.2 Å². The minimum absolute atomic E-state index is 0.210. The Morgan fingerprint density at radius 1 is 1.03 bits per heavy atom. The molecule has 0 spiro atoms. The molecule has 0 heterocycles. The molecule has 0 fully saturated rings. The number of benzene rings is 2. The molecule has 0 aliphatic heterocycles. The van der Waals surface area contributed by atoms with Crippen molar-refractivity contribution in [2.24, 2.45) is 0 Å². The molecule has 7 nitrogen and oxygen atoms in total. The predicted molar refractivity (Wildman–Crippen MR) is 136 cm³/mol. The van der Waals surface area contributed by atoms with Crippen LogP contribution in [0.1, 0.15) is 32.3 Å². The number of amides is 2. The summed E-state index contributed by atoms with van der Waals surface area (Å²) in [4.78, 5) is 27.8. The van der Waals surface area contributed by atoms with E-state index in [4.69, 9.17) is 0 Å². The van der Waals surface area contributed by atoms with Crippen LogP contribution in [0.15, 0.2) is 54.6 Å². The fourth-order valence-electron chi connectivity index (χ4n) is 3.29. The van der Waals surface area contributed by atoms with E-state index in [-0.39, 0.29) is 19.0 Å². The first-order chi connectivity index (χ1) is 15.2. The fourth-order valence-corrected chi connectivity index (χ4v) is 4.50. The Labute approximate surface area is 204 Å². The second-order valence-corrected chi connectivity index (χ2v) is 10.6. The third kappa shape index (κ3) is 7.47. The quantitative estimate of drug-likeness (QED) is 0.419. The summed E-state index contributed by atoms with van der Waals surface area (Å²) in [6, 6.07) is 15.6. The summed E-state index contributed by atoms with van der Waals surface area (Å²) in [5.41, 5.74) is 1.27. The number of rotatable bonds is 11. The molecule has 0 aliphatic rings. The van der Waals surface area contributed by atoms with Crippen molar-refractivity contribution >= 4 is 50.1 Å². The maximum Gasteiger partial charge on any atom is 0.244 e. The number of nitrogens with zero attached hydrogens (tertiary/aromatic N) is 2. The third-order valence-electron chi connectivity index (χ3n) is 4.92. The van der Waals surface area contributed by atoms with Gasteiger partial charge in [-0.3, -0.25) is 13.9 Å². The molecular weight excluding hydrogens is 541 g/mol. The number of hydrogen-bond acceptors (Lipinski definition) is 4. The highest BCUT2D eigenvalue weighted by atomic mass is 127. The second kappa shape index (κ2) is 12.2. The Morgan fingerprint density at radius 3 is 2.19 bits per heavy atom. The predicted octanol–water partition coefficient (Wildman–Crippen LogP) is 3.39. The summed E-state index contributed by atoms with van der Waals surface area (Å²) in [6.07, 6.45) is 2.27. The molecule has 1 unspecified atom stereocenters. The first-order valence-electron chi connectivity index (χ1n) is 10.5. The Bertz CT molecular complexity index is 998. The maximum atomic E-state index is 13.5. The van der Waals surface area contributed by atoms with Crippen molar-refractivity contribution in [1.29, 1.82) is 0 Å². The molecule has 2 aromatic carbocycles. The van der Waals surface area contributed by atoms with Crippen LogP contribution in [0.2, 0.25) is 0 Å². The van der Waals surface area contributed by atoms with Crippen LogP contribution in [0.3, 0.4) is 0 Å². The van der Waals surface area contributed by atoms with E-state index in [0.717, 1.165) is 26.1 Å². The van der Waals surface area contributed by atoms with Crippen LogP contribution in [0.25, 0.3) is 0 Å². The van der Waals surface area contributed by atoms with Crippen molar-refractivity contribution in [3.05, 3.63) is 63.7 Å². The molecule has 0 aromatic heterocycles. The van der Waals surface area contributed by atoms with E-state index in [1.165, 1.54) is 4.90 Å². The van der Waals surface area contributed by atoms with Gasteiger partial charge in [-0.2, -0.15) is 0 Å². The van der Waals surface area contributed by atoms with Crippen molar-refractivity contribution in [2.75, 3.05) is 23.7 Å². The molecule has 174 valence electrons. The van der Waals surface area contributed by atoms with Crippen LogP contribution in [0, 0.1) is 3.57 Å². The summed E-state index contributed by atoms with van der Waals surface area (Å²) in [7, 11) is -3.72. The molecule has 32 heavy (non-hydrogen) atoms. The van der Waals surface area contributed by atoms with Gasteiger partial charge < -0.3 is 10.2 Å². The Morgan fingerprint density at radius 2 is 1.66 bits per heavy atom. The molecule has 1 atom stereocenters. The smallest absolute Gasteiger partial charge is 0.244 e. The van der Waals surface area contributed by atoms with E-state index in [1.54, 1.807) is 24.3 Å². The molecular formula is C23H30IN3O4S. The van der Waals surface area contributed by atoms with Crippen LogP contribution in [-0.4, -0.2) is 50.5 Å². The summed E-state index contributed by atoms with van der Waals surface area (Å²) >= 11 is 2.13. The van der Waals surface area contributed by atoms with Crippen molar-refractivity contribution in [2.45, 2.75) is 39.3 Å². The van der Waals surface area contributed by atoms with Crippen molar-refractivity contribution in [1.82, 2.24) is 10.2 Å². The molecule has 2 amide bonds. The minimum Gasteiger partial charge on any atom is -0.354 e. The van der Waals surface area contributed by atoms with Gasteiger partial charge in [0.05, 0.1) is 11.9 Å². The van der Waals surface area contributed by atoms with Crippen LogP contribution < -0.4 is 9.62 Å². The zero-order valence-corrected chi connectivity index (χ0v) is 21.6. The number of hydrogen-bond donors (Lipinski definition) is 1. The number of halogens is 1. The largest absolute Gasteiger partial charge is 0.354 e. The minimum atomic E-state index is -3.72. The molecule has 0 saturated carbocycles. The average Bonchev–Trinajstić information content (AvgIpc) is 2.76. The van der Waals surface area contributed by atoms with Crippen LogP contribution in [0.4, 0.5) is 5.69 Å². The summed E-state index contributed by atoms with van der Waals surface area (Å²) in [5, 5.41) is 2.86. The van der Waals surface area contributed by atoms with Gasteiger partial charge in [0.2, 0.25) is 21.8 Å². The lowest BCUT2D eigenvalue weighted by atomic mass is 10.1. The lowest BCUT2D eigenvalue weighted by Crippen LogP contribution is -2.52. The molecule has 2 rings (SSSR count). The van der Waals surface area contributed by atoms with Gasteiger partial charge >= 0.3 is 0 Å². The van der Waals surface area contributed by atoms with Crippen LogP contribution in [0.5, 0.6) is 0 Å². The zero-order valence-electron chi connectivity index (χ0n) is 18.6. The first-order valence-corrected chi connectivity index (χ1v) is 13.4. The molecule has 0 saturated heterocycles. The van der Waals surface area contributed by atoms with Gasteiger partial charge in [0.15, 0.2) is 0 Å². The highest BCUT2D eigenvalue weighted by Crippen LogP contribution is 2.21. The number of carbonyl (C=O) groups excluding carboxylic acids is 2. The highest BCUT2D eigenvalue weighted by molar-refractivity contribution is 14.1. The number of anilines is 1. The molecule has 9 heteroatoms. The lowest BCUT2D eigenvalue weighted by molar-refractivity contribution is -0.140.